The van der Waals surface area contributed by atoms with Crippen molar-refractivity contribution >= 4 is 11.6 Å². The molecule has 2 aliphatic carbocycles. The highest BCUT2D eigenvalue weighted by Gasteiger charge is 2.31. The van der Waals surface area contributed by atoms with Gasteiger partial charge in [-0.25, -0.2) is 0 Å². The summed E-state index contributed by atoms with van der Waals surface area (Å²) >= 11 is 6.60. The molecule has 0 saturated heterocycles. The largest absolute Gasteiger partial charge is 0.296 e. The van der Waals surface area contributed by atoms with E-state index >= 15 is 0 Å². The van der Waals surface area contributed by atoms with Crippen molar-refractivity contribution < 1.29 is 0 Å². The topological polar surface area (TPSA) is 12.0 Å². The van der Waals surface area contributed by atoms with Crippen molar-refractivity contribution in [3.8, 4) is 0 Å². The fourth-order valence-corrected chi connectivity index (χ4v) is 3.29. The van der Waals surface area contributed by atoms with Crippen LogP contribution in [0.5, 0.6) is 0 Å². The Morgan fingerprint density at radius 2 is 1.43 bits per heavy atom. The average molecular weight is 216 g/mol. The molecule has 0 unspecified atom stereocenters. The third-order valence-electron chi connectivity index (χ3n) is 3.71. The molecule has 1 N–H and O–H groups in total. The fourth-order valence-electron chi connectivity index (χ4n) is 2.87. The summed E-state index contributed by atoms with van der Waals surface area (Å²) in [6.45, 7) is 0. The van der Waals surface area contributed by atoms with Gasteiger partial charge in [-0.05, 0) is 25.7 Å². The number of halogens is 1. The molecule has 2 fully saturated rings. The van der Waals surface area contributed by atoms with Crippen molar-refractivity contribution in [2.75, 3.05) is 0 Å². The van der Waals surface area contributed by atoms with Crippen LogP contribution in [-0.2, 0) is 0 Å². The molecule has 2 rings (SSSR count). The second-order valence-electron chi connectivity index (χ2n) is 5.01. The summed E-state index contributed by atoms with van der Waals surface area (Å²) in [5, 5.41) is 3.70. The molecule has 0 heterocycles. The van der Waals surface area contributed by atoms with E-state index in [-0.39, 0.29) is 5.00 Å². The van der Waals surface area contributed by atoms with Crippen LogP contribution < -0.4 is 5.32 Å². The molecular weight excluding hydrogens is 194 g/mol. The van der Waals surface area contributed by atoms with E-state index in [1.807, 2.05) is 0 Å². The Hall–Kier alpha value is 0.250. The number of hydrogen-bond acceptors (Lipinski definition) is 1. The molecule has 0 amide bonds. The van der Waals surface area contributed by atoms with Gasteiger partial charge in [-0.1, -0.05) is 38.5 Å². The van der Waals surface area contributed by atoms with Gasteiger partial charge in [0.2, 0.25) is 0 Å². The van der Waals surface area contributed by atoms with Gasteiger partial charge in [0, 0.05) is 6.04 Å². The minimum atomic E-state index is -0.0414. The van der Waals surface area contributed by atoms with Crippen LogP contribution in [0.25, 0.3) is 0 Å². The fraction of sp³-hybridized carbons (Fsp3) is 1.00. The zero-order valence-electron chi connectivity index (χ0n) is 9.03. The van der Waals surface area contributed by atoms with E-state index in [9.17, 15) is 0 Å². The molecular formula is C12H22ClN. The molecule has 2 aliphatic rings. The predicted octanol–water partition coefficient (Wildman–Crippen LogP) is 3.81. The molecule has 0 atom stereocenters. The van der Waals surface area contributed by atoms with E-state index in [0.717, 1.165) is 0 Å². The van der Waals surface area contributed by atoms with Gasteiger partial charge < -0.3 is 0 Å². The molecule has 2 saturated carbocycles. The van der Waals surface area contributed by atoms with Crippen LogP contribution >= 0.6 is 11.6 Å². The standard InChI is InChI=1S/C12H22ClN/c13-12(9-5-2-6-10-12)14-11-7-3-1-4-8-11/h11,14H,1-10H2. The first-order valence-electron chi connectivity index (χ1n) is 6.25. The molecule has 0 aromatic carbocycles. The van der Waals surface area contributed by atoms with Crippen LogP contribution in [0.3, 0.4) is 0 Å². The molecule has 0 spiro atoms. The Labute approximate surface area is 92.6 Å². The minimum absolute atomic E-state index is 0.0414. The lowest BCUT2D eigenvalue weighted by molar-refractivity contribution is 0.261. The van der Waals surface area contributed by atoms with E-state index in [1.54, 1.807) is 0 Å². The monoisotopic (exact) mass is 215 g/mol. The van der Waals surface area contributed by atoms with Gasteiger partial charge in [-0.3, -0.25) is 5.32 Å². The molecule has 0 bridgehead atoms. The summed E-state index contributed by atoms with van der Waals surface area (Å²) in [6, 6.07) is 0.708. The molecule has 0 radical (unpaired) electrons. The Balaban J connectivity index is 1.81. The van der Waals surface area contributed by atoms with Crippen molar-refractivity contribution in [3.63, 3.8) is 0 Å². The van der Waals surface area contributed by atoms with E-state index in [2.05, 4.69) is 5.32 Å². The molecule has 0 aromatic rings. The SMILES string of the molecule is ClC1(NC2CCCCC2)CCCCC1. The number of nitrogens with one attached hydrogen (secondary N) is 1. The maximum atomic E-state index is 6.60. The molecule has 0 aliphatic heterocycles. The van der Waals surface area contributed by atoms with E-state index in [0.29, 0.717) is 6.04 Å². The van der Waals surface area contributed by atoms with Gasteiger partial charge in [0.15, 0.2) is 0 Å². The first-order chi connectivity index (χ1) is 6.79. The zero-order chi connectivity index (χ0) is 9.86. The van der Waals surface area contributed by atoms with Crippen LogP contribution in [0.2, 0.25) is 0 Å². The molecule has 1 nitrogen and oxygen atoms in total. The number of rotatable bonds is 2. The predicted molar refractivity (Wildman–Crippen MR) is 61.7 cm³/mol. The van der Waals surface area contributed by atoms with Gasteiger partial charge in [0.05, 0.1) is 5.00 Å². The highest BCUT2D eigenvalue weighted by atomic mass is 35.5. The minimum Gasteiger partial charge on any atom is -0.296 e. The first kappa shape index (κ1) is 10.8. The van der Waals surface area contributed by atoms with Gasteiger partial charge in [0.25, 0.3) is 0 Å². The Morgan fingerprint density at radius 1 is 0.857 bits per heavy atom. The van der Waals surface area contributed by atoms with Crippen LogP contribution in [0.4, 0.5) is 0 Å². The van der Waals surface area contributed by atoms with Crippen LogP contribution in [0.1, 0.15) is 64.2 Å². The Bertz CT molecular complexity index is 169. The van der Waals surface area contributed by atoms with Crippen molar-refractivity contribution in [1.82, 2.24) is 5.32 Å². The van der Waals surface area contributed by atoms with E-state index < -0.39 is 0 Å². The van der Waals surface area contributed by atoms with Crippen molar-refractivity contribution in [2.45, 2.75) is 75.2 Å². The highest BCUT2D eigenvalue weighted by Crippen LogP contribution is 2.33. The normalized spacial score (nSPS) is 28.9. The second kappa shape index (κ2) is 4.85. The Kier molecular flexibility index (Phi) is 3.73. The number of hydrogen-bond donors (Lipinski definition) is 1. The summed E-state index contributed by atoms with van der Waals surface area (Å²) in [5.41, 5.74) is 0. The van der Waals surface area contributed by atoms with Crippen LogP contribution in [0.15, 0.2) is 0 Å². The summed E-state index contributed by atoms with van der Waals surface area (Å²) < 4.78 is 0. The third kappa shape index (κ3) is 2.87. The Morgan fingerprint density at radius 3 is 2.07 bits per heavy atom. The molecule has 14 heavy (non-hydrogen) atoms. The first-order valence-corrected chi connectivity index (χ1v) is 6.63. The van der Waals surface area contributed by atoms with Gasteiger partial charge in [-0.2, -0.15) is 0 Å². The number of alkyl halides is 1. The van der Waals surface area contributed by atoms with E-state index in [4.69, 9.17) is 11.6 Å². The molecule has 82 valence electrons. The summed E-state index contributed by atoms with van der Waals surface area (Å²) in [6.07, 6.45) is 13.2. The quantitative estimate of drug-likeness (QED) is 0.546. The maximum absolute atomic E-state index is 6.60. The van der Waals surface area contributed by atoms with Crippen molar-refractivity contribution in [3.05, 3.63) is 0 Å². The highest BCUT2D eigenvalue weighted by molar-refractivity contribution is 6.23. The van der Waals surface area contributed by atoms with Crippen LogP contribution in [0, 0.1) is 0 Å². The lowest BCUT2D eigenvalue weighted by atomic mass is 9.90. The smallest absolute Gasteiger partial charge is 0.0937 e. The second-order valence-corrected chi connectivity index (χ2v) is 5.73. The van der Waals surface area contributed by atoms with Crippen LogP contribution in [-0.4, -0.2) is 11.0 Å². The van der Waals surface area contributed by atoms with Gasteiger partial charge in [0.1, 0.15) is 0 Å². The summed E-state index contributed by atoms with van der Waals surface area (Å²) in [4.78, 5) is -0.0414. The summed E-state index contributed by atoms with van der Waals surface area (Å²) in [7, 11) is 0. The third-order valence-corrected chi connectivity index (χ3v) is 4.20. The molecule has 0 aromatic heterocycles. The van der Waals surface area contributed by atoms with E-state index in [1.165, 1.54) is 64.2 Å². The van der Waals surface area contributed by atoms with Crippen molar-refractivity contribution in [1.29, 1.82) is 0 Å². The maximum Gasteiger partial charge on any atom is 0.0937 e. The average Bonchev–Trinajstić information content (AvgIpc) is 2.19. The lowest BCUT2D eigenvalue weighted by Crippen LogP contribution is -2.48. The van der Waals surface area contributed by atoms with Gasteiger partial charge >= 0.3 is 0 Å². The summed E-state index contributed by atoms with van der Waals surface area (Å²) in [5.74, 6) is 0. The van der Waals surface area contributed by atoms with Crippen molar-refractivity contribution in [2.24, 2.45) is 0 Å². The lowest BCUT2D eigenvalue weighted by Gasteiger charge is -2.37. The molecule has 2 heteroatoms. The zero-order valence-corrected chi connectivity index (χ0v) is 9.78. The van der Waals surface area contributed by atoms with Gasteiger partial charge in [-0.15, -0.1) is 11.6 Å².